The molecule has 6 nitrogen and oxygen atoms in total. The summed E-state index contributed by atoms with van der Waals surface area (Å²) in [7, 11) is 0. The molecule has 2 aromatic carbocycles. The molecule has 6 N–H and O–H groups in total. The van der Waals surface area contributed by atoms with Gasteiger partial charge in [-0.05, 0) is 79.3 Å². The highest BCUT2D eigenvalue weighted by molar-refractivity contribution is 5.66. The summed E-state index contributed by atoms with van der Waals surface area (Å²) in [6.45, 7) is 0. The molecular formula is C23H30N2O4. The SMILES string of the molecule is Nc1ccc(Cc2ccc(N)c(CCCCC(=O)O)c2)cc1CCCCC(=O)O. The van der Waals surface area contributed by atoms with E-state index in [2.05, 4.69) is 12.1 Å². The highest BCUT2D eigenvalue weighted by Crippen LogP contribution is 2.22. The fraction of sp³-hybridized carbons (Fsp3) is 0.391. The first-order chi connectivity index (χ1) is 13.8. The second kappa shape index (κ2) is 11.1. The Hall–Kier alpha value is -3.02. The topological polar surface area (TPSA) is 127 Å². The van der Waals surface area contributed by atoms with Crippen LogP contribution in [0.25, 0.3) is 0 Å². The summed E-state index contributed by atoms with van der Waals surface area (Å²) in [5.74, 6) is -1.54. The van der Waals surface area contributed by atoms with Gasteiger partial charge in [0, 0.05) is 24.2 Å². The van der Waals surface area contributed by atoms with Crippen LogP contribution >= 0.6 is 0 Å². The molecular weight excluding hydrogens is 368 g/mol. The number of carboxylic acid groups (broad SMARTS) is 2. The van der Waals surface area contributed by atoms with Crippen LogP contribution in [0.15, 0.2) is 36.4 Å². The zero-order valence-electron chi connectivity index (χ0n) is 16.7. The van der Waals surface area contributed by atoms with Crippen LogP contribution in [0, 0.1) is 0 Å². The number of carbonyl (C=O) groups is 2. The lowest BCUT2D eigenvalue weighted by molar-refractivity contribution is -0.138. The van der Waals surface area contributed by atoms with Crippen LogP contribution in [0.3, 0.4) is 0 Å². The van der Waals surface area contributed by atoms with E-state index in [0.29, 0.717) is 12.8 Å². The average Bonchev–Trinajstić information content (AvgIpc) is 2.66. The van der Waals surface area contributed by atoms with Crippen molar-refractivity contribution in [3.63, 3.8) is 0 Å². The molecule has 0 fully saturated rings. The third-order valence-electron chi connectivity index (χ3n) is 5.00. The molecule has 0 atom stereocenters. The highest BCUT2D eigenvalue weighted by Gasteiger charge is 2.07. The lowest BCUT2D eigenvalue weighted by Gasteiger charge is -2.11. The van der Waals surface area contributed by atoms with Crippen molar-refractivity contribution in [3.8, 4) is 0 Å². The number of unbranched alkanes of at least 4 members (excludes halogenated alkanes) is 2. The first-order valence-electron chi connectivity index (χ1n) is 10.0. The molecule has 0 unspecified atom stereocenters. The van der Waals surface area contributed by atoms with E-state index in [4.69, 9.17) is 21.7 Å². The van der Waals surface area contributed by atoms with Crippen LogP contribution < -0.4 is 11.5 Å². The van der Waals surface area contributed by atoms with Crippen molar-refractivity contribution in [3.05, 3.63) is 58.7 Å². The molecule has 0 heterocycles. The van der Waals surface area contributed by atoms with E-state index in [-0.39, 0.29) is 12.8 Å². The number of hydrogen-bond donors (Lipinski definition) is 4. The number of hydrogen-bond acceptors (Lipinski definition) is 4. The van der Waals surface area contributed by atoms with E-state index < -0.39 is 11.9 Å². The van der Waals surface area contributed by atoms with Gasteiger partial charge in [-0.15, -0.1) is 0 Å². The molecule has 6 heteroatoms. The van der Waals surface area contributed by atoms with Gasteiger partial charge in [-0.3, -0.25) is 9.59 Å². The van der Waals surface area contributed by atoms with E-state index in [9.17, 15) is 9.59 Å². The summed E-state index contributed by atoms with van der Waals surface area (Å²) in [4.78, 5) is 21.3. The molecule has 2 aromatic rings. The number of carboxylic acids is 2. The average molecular weight is 399 g/mol. The van der Waals surface area contributed by atoms with Gasteiger partial charge in [0.25, 0.3) is 0 Å². The van der Waals surface area contributed by atoms with Crippen molar-refractivity contribution in [2.45, 2.75) is 57.8 Å². The molecule has 29 heavy (non-hydrogen) atoms. The Balaban J connectivity index is 1.99. The minimum atomic E-state index is -0.770. The van der Waals surface area contributed by atoms with Crippen molar-refractivity contribution in [1.82, 2.24) is 0 Å². The highest BCUT2D eigenvalue weighted by atomic mass is 16.4. The third kappa shape index (κ3) is 7.86. The standard InChI is InChI=1S/C23H30N2O4/c24-20-11-9-16(14-18(20)5-1-3-7-22(26)27)13-17-10-12-21(25)19(15-17)6-2-4-8-23(28)29/h9-12,14-15H,1-8,13,24-25H2,(H,26,27)(H,28,29). The fourth-order valence-corrected chi connectivity index (χ4v) is 3.39. The van der Waals surface area contributed by atoms with Crippen LogP contribution in [0.4, 0.5) is 11.4 Å². The van der Waals surface area contributed by atoms with Crippen molar-refractivity contribution in [2.75, 3.05) is 11.5 Å². The summed E-state index contributed by atoms with van der Waals surface area (Å²) in [5, 5.41) is 17.5. The number of nitrogen functional groups attached to an aromatic ring is 2. The van der Waals surface area contributed by atoms with Gasteiger partial charge in [-0.25, -0.2) is 0 Å². The maximum Gasteiger partial charge on any atom is 0.303 e. The van der Waals surface area contributed by atoms with E-state index in [1.807, 2.05) is 24.3 Å². The summed E-state index contributed by atoms with van der Waals surface area (Å²) < 4.78 is 0. The molecule has 0 bridgehead atoms. The fourth-order valence-electron chi connectivity index (χ4n) is 3.39. The van der Waals surface area contributed by atoms with Crippen LogP contribution in [0.2, 0.25) is 0 Å². The molecule has 0 radical (unpaired) electrons. The lowest BCUT2D eigenvalue weighted by Crippen LogP contribution is -2.01. The Kier molecular flexibility index (Phi) is 8.52. The second-order valence-corrected chi connectivity index (χ2v) is 7.44. The predicted molar refractivity (Wildman–Crippen MR) is 115 cm³/mol. The largest absolute Gasteiger partial charge is 0.481 e. The monoisotopic (exact) mass is 398 g/mol. The van der Waals surface area contributed by atoms with Gasteiger partial charge >= 0.3 is 11.9 Å². The molecule has 0 aliphatic heterocycles. The Labute approximate surface area is 171 Å². The Morgan fingerprint density at radius 3 is 1.48 bits per heavy atom. The molecule has 156 valence electrons. The van der Waals surface area contributed by atoms with Gasteiger partial charge in [0.1, 0.15) is 0 Å². The molecule has 0 aliphatic carbocycles. The van der Waals surface area contributed by atoms with Gasteiger partial charge < -0.3 is 21.7 Å². The second-order valence-electron chi connectivity index (χ2n) is 7.44. The molecule has 0 amide bonds. The number of rotatable bonds is 12. The van der Waals surface area contributed by atoms with Crippen molar-refractivity contribution in [2.24, 2.45) is 0 Å². The predicted octanol–water partition coefficient (Wildman–Crippen LogP) is 4.04. The number of anilines is 2. The van der Waals surface area contributed by atoms with Crippen molar-refractivity contribution in [1.29, 1.82) is 0 Å². The summed E-state index contributed by atoms with van der Waals surface area (Å²) in [6.07, 6.45) is 5.52. The number of aryl methyl sites for hydroxylation is 2. The smallest absolute Gasteiger partial charge is 0.303 e. The lowest BCUT2D eigenvalue weighted by atomic mass is 9.96. The van der Waals surface area contributed by atoms with E-state index in [1.54, 1.807) is 0 Å². The van der Waals surface area contributed by atoms with Crippen LogP contribution in [0.5, 0.6) is 0 Å². The zero-order valence-corrected chi connectivity index (χ0v) is 16.7. The molecule has 0 saturated heterocycles. The van der Waals surface area contributed by atoms with Gasteiger partial charge in [-0.1, -0.05) is 24.3 Å². The maximum absolute atomic E-state index is 10.6. The van der Waals surface area contributed by atoms with Crippen LogP contribution in [-0.4, -0.2) is 22.2 Å². The maximum atomic E-state index is 10.6. The molecule has 0 saturated carbocycles. The minimum absolute atomic E-state index is 0.181. The third-order valence-corrected chi connectivity index (χ3v) is 5.00. The molecule has 0 aromatic heterocycles. The van der Waals surface area contributed by atoms with Gasteiger partial charge in [0.2, 0.25) is 0 Å². The molecule has 0 spiro atoms. The quantitative estimate of drug-likeness (QED) is 0.316. The first kappa shape index (κ1) is 22.3. The summed E-state index contributed by atoms with van der Waals surface area (Å²) >= 11 is 0. The number of nitrogens with two attached hydrogens (primary N) is 2. The van der Waals surface area contributed by atoms with Crippen molar-refractivity contribution < 1.29 is 19.8 Å². The summed E-state index contributed by atoms with van der Waals surface area (Å²) in [6, 6.07) is 12.0. The Bertz CT molecular complexity index is 779. The normalized spacial score (nSPS) is 10.8. The first-order valence-corrected chi connectivity index (χ1v) is 10.0. The van der Waals surface area contributed by atoms with Crippen LogP contribution in [-0.2, 0) is 28.9 Å². The van der Waals surface area contributed by atoms with E-state index in [0.717, 1.165) is 65.7 Å². The number of benzene rings is 2. The Morgan fingerprint density at radius 1 is 0.690 bits per heavy atom. The van der Waals surface area contributed by atoms with Gasteiger partial charge in [0.05, 0.1) is 0 Å². The number of aliphatic carboxylic acids is 2. The van der Waals surface area contributed by atoms with E-state index >= 15 is 0 Å². The molecule has 2 rings (SSSR count). The summed E-state index contributed by atoms with van der Waals surface area (Å²) in [5.41, 5.74) is 18.0. The zero-order chi connectivity index (χ0) is 21.2. The van der Waals surface area contributed by atoms with E-state index in [1.165, 1.54) is 0 Å². The van der Waals surface area contributed by atoms with Gasteiger partial charge in [0.15, 0.2) is 0 Å². The van der Waals surface area contributed by atoms with Crippen molar-refractivity contribution >= 4 is 23.3 Å². The van der Waals surface area contributed by atoms with Crippen LogP contribution in [0.1, 0.15) is 60.8 Å². The molecule has 0 aliphatic rings. The van der Waals surface area contributed by atoms with Gasteiger partial charge in [-0.2, -0.15) is 0 Å². The Morgan fingerprint density at radius 2 is 1.10 bits per heavy atom. The minimum Gasteiger partial charge on any atom is -0.481 e.